The fourth-order valence-electron chi connectivity index (χ4n) is 0.164. The SMILES string of the molecule is NOCC(O)CO.O=S(=O)(O)O. The highest BCUT2D eigenvalue weighted by molar-refractivity contribution is 7.79. The summed E-state index contributed by atoms with van der Waals surface area (Å²) in [6, 6.07) is 0. The maximum absolute atomic E-state index is 8.74. The molecule has 9 heteroatoms. The summed E-state index contributed by atoms with van der Waals surface area (Å²) in [5.41, 5.74) is 0. The molecule has 0 aromatic heterocycles. The molecule has 0 rings (SSSR count). The van der Waals surface area contributed by atoms with Crippen molar-refractivity contribution in [1.82, 2.24) is 0 Å². The van der Waals surface area contributed by atoms with E-state index < -0.39 is 16.5 Å². The van der Waals surface area contributed by atoms with Crippen LogP contribution in [0.3, 0.4) is 0 Å². The Bertz CT molecular complexity index is 169. The van der Waals surface area contributed by atoms with E-state index in [0.29, 0.717) is 0 Å². The molecule has 1 unspecified atom stereocenters. The summed E-state index contributed by atoms with van der Waals surface area (Å²) in [5.74, 6) is 4.53. The zero-order valence-corrected chi connectivity index (χ0v) is 6.81. The van der Waals surface area contributed by atoms with Crippen LogP contribution in [-0.4, -0.2) is 47.1 Å². The molecule has 0 aliphatic rings. The van der Waals surface area contributed by atoms with E-state index in [1.54, 1.807) is 0 Å². The summed E-state index contributed by atoms with van der Waals surface area (Å²) in [7, 11) is -4.67. The Morgan fingerprint density at radius 1 is 1.42 bits per heavy atom. The normalized spacial score (nSPS) is 13.1. The first-order valence-corrected chi connectivity index (χ1v) is 4.01. The van der Waals surface area contributed by atoms with E-state index in [4.69, 9.17) is 27.7 Å². The van der Waals surface area contributed by atoms with Crippen molar-refractivity contribution < 1.29 is 32.6 Å². The van der Waals surface area contributed by atoms with Gasteiger partial charge in [-0.2, -0.15) is 8.42 Å². The van der Waals surface area contributed by atoms with Crippen molar-refractivity contribution in [3.8, 4) is 0 Å². The second-order valence-corrected chi connectivity index (χ2v) is 2.51. The summed E-state index contributed by atoms with van der Waals surface area (Å²) >= 11 is 0. The lowest BCUT2D eigenvalue weighted by molar-refractivity contribution is 0.00574. The van der Waals surface area contributed by atoms with Gasteiger partial charge in [0.2, 0.25) is 0 Å². The predicted octanol–water partition coefficient (Wildman–Crippen LogP) is -2.42. The van der Waals surface area contributed by atoms with E-state index in [-0.39, 0.29) is 13.2 Å². The second kappa shape index (κ2) is 7.36. The minimum absolute atomic E-state index is 0.0174. The first-order valence-electron chi connectivity index (χ1n) is 2.61. The first-order chi connectivity index (χ1) is 5.31. The smallest absolute Gasteiger partial charge is 0.394 e. The van der Waals surface area contributed by atoms with Crippen molar-refractivity contribution in [2.24, 2.45) is 5.90 Å². The maximum atomic E-state index is 8.74. The van der Waals surface area contributed by atoms with Gasteiger partial charge in [0.1, 0.15) is 6.10 Å². The van der Waals surface area contributed by atoms with E-state index >= 15 is 0 Å². The third-order valence-electron chi connectivity index (χ3n) is 0.499. The second-order valence-electron chi connectivity index (χ2n) is 1.62. The van der Waals surface area contributed by atoms with Crippen molar-refractivity contribution in [3.05, 3.63) is 0 Å². The van der Waals surface area contributed by atoms with Crippen LogP contribution in [0.15, 0.2) is 0 Å². The Labute approximate surface area is 69.1 Å². The van der Waals surface area contributed by atoms with Gasteiger partial charge in [0.25, 0.3) is 0 Å². The molecular weight excluding hydrogens is 194 g/mol. The van der Waals surface area contributed by atoms with Crippen molar-refractivity contribution in [2.75, 3.05) is 13.2 Å². The van der Waals surface area contributed by atoms with Crippen LogP contribution < -0.4 is 5.90 Å². The van der Waals surface area contributed by atoms with Gasteiger partial charge in [-0.3, -0.25) is 9.11 Å². The average Bonchev–Trinajstić information content (AvgIpc) is 1.85. The number of aliphatic hydroxyl groups excluding tert-OH is 2. The standard InChI is InChI=1S/C3H9NO3.H2O4S/c4-7-2-3(6)1-5;1-5(2,3)4/h3,5-6H,1-2,4H2;(H2,1,2,3,4). The van der Waals surface area contributed by atoms with E-state index in [9.17, 15) is 0 Å². The largest absolute Gasteiger partial charge is 0.394 e. The van der Waals surface area contributed by atoms with E-state index in [0.717, 1.165) is 0 Å². The molecule has 1 atom stereocenters. The molecule has 0 aromatic rings. The molecule has 0 heterocycles. The van der Waals surface area contributed by atoms with Crippen molar-refractivity contribution in [1.29, 1.82) is 0 Å². The minimum Gasteiger partial charge on any atom is -0.394 e. The van der Waals surface area contributed by atoms with Crippen LogP contribution in [0.5, 0.6) is 0 Å². The molecule has 0 saturated carbocycles. The van der Waals surface area contributed by atoms with Gasteiger partial charge in [0.05, 0.1) is 13.2 Å². The number of rotatable bonds is 3. The molecule has 6 N–H and O–H groups in total. The Morgan fingerprint density at radius 2 is 1.75 bits per heavy atom. The van der Waals surface area contributed by atoms with Gasteiger partial charge in [-0.05, 0) is 0 Å². The van der Waals surface area contributed by atoms with Crippen molar-refractivity contribution in [2.45, 2.75) is 6.10 Å². The number of nitrogens with two attached hydrogens (primary N) is 1. The topological polar surface area (TPSA) is 150 Å². The molecular formula is C3H11NO7S. The van der Waals surface area contributed by atoms with Crippen LogP contribution in [0, 0.1) is 0 Å². The van der Waals surface area contributed by atoms with Gasteiger partial charge >= 0.3 is 10.4 Å². The Balaban J connectivity index is 0. The van der Waals surface area contributed by atoms with Gasteiger partial charge < -0.3 is 15.1 Å². The van der Waals surface area contributed by atoms with Gasteiger partial charge in [-0.15, -0.1) is 0 Å². The van der Waals surface area contributed by atoms with Gasteiger partial charge in [0, 0.05) is 0 Å². The third-order valence-corrected chi connectivity index (χ3v) is 0.499. The van der Waals surface area contributed by atoms with Crippen LogP contribution >= 0.6 is 0 Å². The fraction of sp³-hybridized carbons (Fsp3) is 1.00. The summed E-state index contributed by atoms with van der Waals surface area (Å²) in [4.78, 5) is 3.98. The molecule has 0 radical (unpaired) electrons. The molecule has 12 heavy (non-hydrogen) atoms. The van der Waals surface area contributed by atoms with E-state index in [1.807, 2.05) is 0 Å². The summed E-state index contributed by atoms with van der Waals surface area (Å²) in [5, 5.41) is 16.5. The van der Waals surface area contributed by atoms with Crippen LogP contribution in [-0.2, 0) is 15.2 Å². The fourth-order valence-corrected chi connectivity index (χ4v) is 0.164. The van der Waals surface area contributed by atoms with Crippen LogP contribution in [0.2, 0.25) is 0 Å². The van der Waals surface area contributed by atoms with E-state index in [2.05, 4.69) is 10.7 Å². The van der Waals surface area contributed by atoms with Crippen LogP contribution in [0.1, 0.15) is 0 Å². The molecule has 76 valence electrons. The minimum atomic E-state index is -4.67. The molecule has 0 aliphatic carbocycles. The van der Waals surface area contributed by atoms with Crippen LogP contribution in [0.25, 0.3) is 0 Å². The summed E-state index contributed by atoms with van der Waals surface area (Å²) in [6.45, 7) is -0.326. The average molecular weight is 205 g/mol. The number of aliphatic hydroxyl groups is 2. The zero-order chi connectivity index (χ0) is 10.2. The Morgan fingerprint density at radius 3 is 1.83 bits per heavy atom. The Hall–Kier alpha value is -0.290. The number of hydrogen-bond acceptors (Lipinski definition) is 6. The first kappa shape index (κ1) is 14.2. The molecule has 0 aromatic carbocycles. The van der Waals surface area contributed by atoms with Gasteiger partial charge in [0.15, 0.2) is 0 Å². The number of hydrogen-bond donors (Lipinski definition) is 5. The van der Waals surface area contributed by atoms with Crippen LogP contribution in [0.4, 0.5) is 0 Å². The van der Waals surface area contributed by atoms with Gasteiger partial charge in [-0.1, -0.05) is 0 Å². The van der Waals surface area contributed by atoms with E-state index in [1.165, 1.54) is 0 Å². The summed E-state index contributed by atoms with van der Waals surface area (Å²) in [6.07, 6.45) is -0.843. The highest BCUT2D eigenvalue weighted by Crippen LogP contribution is 1.76. The predicted molar refractivity (Wildman–Crippen MR) is 37.4 cm³/mol. The third kappa shape index (κ3) is 33.2. The molecule has 0 bridgehead atoms. The highest BCUT2D eigenvalue weighted by atomic mass is 32.3. The lowest BCUT2D eigenvalue weighted by atomic mass is 10.4. The molecule has 8 nitrogen and oxygen atoms in total. The molecule has 0 spiro atoms. The van der Waals surface area contributed by atoms with Crippen molar-refractivity contribution >= 4 is 10.4 Å². The Kier molecular flexibility index (Phi) is 8.74. The zero-order valence-electron chi connectivity index (χ0n) is 5.99. The molecule has 0 saturated heterocycles. The van der Waals surface area contributed by atoms with Gasteiger partial charge in [-0.25, -0.2) is 5.90 Å². The van der Waals surface area contributed by atoms with Crippen molar-refractivity contribution in [3.63, 3.8) is 0 Å². The lowest BCUT2D eigenvalue weighted by Crippen LogP contribution is -2.21. The quantitative estimate of drug-likeness (QED) is 0.252. The molecule has 0 fully saturated rings. The monoisotopic (exact) mass is 205 g/mol. The molecule has 0 aliphatic heterocycles. The highest BCUT2D eigenvalue weighted by Gasteiger charge is 1.97. The lowest BCUT2D eigenvalue weighted by Gasteiger charge is -2.01. The summed E-state index contributed by atoms with van der Waals surface area (Å²) < 4.78 is 31.6. The molecule has 0 amide bonds. The maximum Gasteiger partial charge on any atom is 0.394 e.